The lowest BCUT2D eigenvalue weighted by Crippen LogP contribution is -1.27. The van der Waals surface area contributed by atoms with Crippen LogP contribution in [0.1, 0.15) is 34.1 Å². The fourth-order valence-electron chi connectivity index (χ4n) is 0. The average Bonchev–Trinajstić information content (AvgIpc) is 1.46. The summed E-state index contributed by atoms with van der Waals surface area (Å²) in [6.07, 6.45) is 1.25. The van der Waals surface area contributed by atoms with Crippen molar-refractivity contribution in [2.24, 2.45) is 0 Å². The number of hydrogen-bond acceptors (Lipinski definition) is 0. The highest BCUT2D eigenvalue weighted by atomic mass is 19.0. The van der Waals surface area contributed by atoms with Crippen molar-refractivity contribution in [3.8, 4) is 0 Å². The van der Waals surface area contributed by atoms with Gasteiger partial charge in [-0.3, -0.25) is 4.70 Å². The van der Waals surface area contributed by atoms with Crippen LogP contribution in [0.2, 0.25) is 0 Å². The van der Waals surface area contributed by atoms with Crippen LogP contribution in [-0.2, 0) is 0 Å². The van der Waals surface area contributed by atoms with Crippen molar-refractivity contribution in [2.75, 3.05) is 0 Å². The molecule has 0 N–H and O–H groups in total. The van der Waals surface area contributed by atoms with Gasteiger partial charge >= 0.3 is 0 Å². The molecule has 0 rings (SSSR count). The summed E-state index contributed by atoms with van der Waals surface area (Å²) in [5.41, 5.74) is 0. The van der Waals surface area contributed by atoms with Gasteiger partial charge in [-0.2, -0.15) is 0 Å². The van der Waals surface area contributed by atoms with Crippen molar-refractivity contribution < 1.29 is 4.70 Å². The molecule has 0 fully saturated rings. The Bertz CT molecular complexity index is 3.90. The van der Waals surface area contributed by atoms with E-state index in [4.69, 9.17) is 0 Å². The molecule has 0 aromatic rings. The highest BCUT2D eigenvalue weighted by Gasteiger charge is 1.35. The largest absolute Gasteiger partial charge is 0.269 e. The summed E-state index contributed by atoms with van der Waals surface area (Å²) < 4.78 is 0. The molecule has 0 amide bonds. The maximum Gasteiger partial charge on any atom is -0.0590 e. The summed E-state index contributed by atoms with van der Waals surface area (Å²) in [7, 11) is 0. The molecule has 0 nitrogen and oxygen atoms in total. The van der Waals surface area contributed by atoms with Crippen LogP contribution in [0.5, 0.6) is 0 Å². The quantitative estimate of drug-likeness (QED) is 0.433. The molecule has 0 bridgehead atoms. The summed E-state index contributed by atoms with van der Waals surface area (Å²) in [5, 5.41) is 0. The van der Waals surface area contributed by atoms with Gasteiger partial charge in [0.1, 0.15) is 0 Å². The van der Waals surface area contributed by atoms with Crippen molar-refractivity contribution in [1.29, 1.82) is 0 Å². The van der Waals surface area contributed by atoms with Gasteiger partial charge in [0.15, 0.2) is 0 Å². The zero-order valence-corrected chi connectivity index (χ0v) is 5.12. The van der Waals surface area contributed by atoms with Gasteiger partial charge in [-0.15, -0.1) is 0 Å². The molecular formula is C5H15F. The Hall–Kier alpha value is -0.0700. The van der Waals surface area contributed by atoms with Crippen molar-refractivity contribution in [3.63, 3.8) is 0 Å². The number of halogens is 1. The third-order valence-corrected chi connectivity index (χ3v) is 0. The molecule has 0 aromatic carbocycles. The molecule has 0 aromatic heterocycles. The third kappa shape index (κ3) is 6890. The van der Waals surface area contributed by atoms with E-state index >= 15 is 0 Å². The van der Waals surface area contributed by atoms with E-state index in [1.165, 1.54) is 6.42 Å². The molecule has 0 saturated carbocycles. The first kappa shape index (κ1) is 16.8. The third-order valence-electron chi connectivity index (χ3n) is 0. The monoisotopic (exact) mass is 94.1 g/mol. The Morgan fingerprint density at radius 1 is 1.00 bits per heavy atom. The highest BCUT2D eigenvalue weighted by Crippen LogP contribution is 1.56. The van der Waals surface area contributed by atoms with E-state index in [0.717, 1.165) is 0 Å². The zero-order valence-electron chi connectivity index (χ0n) is 5.12. The lowest BCUT2D eigenvalue weighted by molar-refractivity contribution is 1.09. The van der Waals surface area contributed by atoms with E-state index in [1.54, 1.807) is 0 Å². The second-order valence-electron chi connectivity index (χ2n) is 0.707. The maximum absolute atomic E-state index is 2.12. The molecule has 6 heavy (non-hydrogen) atoms. The molecule has 0 aliphatic rings. The predicted molar refractivity (Wildman–Crippen MR) is 29.8 cm³/mol. The lowest BCUT2D eigenvalue weighted by atomic mass is 10.6. The summed E-state index contributed by atoms with van der Waals surface area (Å²) in [4.78, 5) is 0. The lowest BCUT2D eigenvalue weighted by Gasteiger charge is -1.48. The van der Waals surface area contributed by atoms with Crippen LogP contribution in [0.3, 0.4) is 0 Å². The zero-order chi connectivity index (χ0) is 4.71. The molecule has 0 unspecified atom stereocenters. The molecule has 42 valence electrons. The van der Waals surface area contributed by atoms with E-state index < -0.39 is 0 Å². The predicted octanol–water partition coefficient (Wildman–Crippen LogP) is 2.60. The highest BCUT2D eigenvalue weighted by molar-refractivity contribution is 3.92. The molecule has 0 radical (unpaired) electrons. The summed E-state index contributed by atoms with van der Waals surface area (Å²) in [6, 6.07) is 0. The van der Waals surface area contributed by atoms with E-state index in [1.807, 2.05) is 13.8 Å². The van der Waals surface area contributed by atoms with Crippen molar-refractivity contribution in [2.45, 2.75) is 34.1 Å². The van der Waals surface area contributed by atoms with Crippen molar-refractivity contribution in [1.82, 2.24) is 0 Å². The normalized spacial score (nSPS) is 4.00. The fourth-order valence-corrected chi connectivity index (χ4v) is 0. The molecule has 0 heterocycles. The van der Waals surface area contributed by atoms with Gasteiger partial charge in [0.25, 0.3) is 0 Å². The van der Waals surface area contributed by atoms with Gasteiger partial charge in [-0.25, -0.2) is 0 Å². The minimum atomic E-state index is 0. The van der Waals surface area contributed by atoms with Gasteiger partial charge in [-0.1, -0.05) is 34.1 Å². The van der Waals surface area contributed by atoms with Crippen molar-refractivity contribution >= 4 is 0 Å². The van der Waals surface area contributed by atoms with E-state index in [2.05, 4.69) is 13.8 Å². The van der Waals surface area contributed by atoms with Crippen LogP contribution in [0.4, 0.5) is 4.70 Å². The van der Waals surface area contributed by atoms with Gasteiger partial charge in [-0.05, 0) is 0 Å². The van der Waals surface area contributed by atoms with Gasteiger partial charge < -0.3 is 0 Å². The van der Waals surface area contributed by atoms with Crippen LogP contribution in [-0.4, -0.2) is 0 Å². The summed E-state index contributed by atoms with van der Waals surface area (Å²) in [5.74, 6) is 0. The number of hydrogen-bond donors (Lipinski definition) is 0. The molecule has 0 saturated heterocycles. The van der Waals surface area contributed by atoms with Crippen LogP contribution in [0.25, 0.3) is 0 Å². The van der Waals surface area contributed by atoms with Gasteiger partial charge in [0, 0.05) is 0 Å². The van der Waals surface area contributed by atoms with E-state index in [9.17, 15) is 0 Å². The molecule has 0 atom stereocenters. The van der Waals surface area contributed by atoms with Crippen LogP contribution in [0, 0.1) is 0 Å². The Morgan fingerprint density at radius 3 is 1.00 bits per heavy atom. The second-order valence-corrected chi connectivity index (χ2v) is 0.707. The Balaban J connectivity index is -0.0000000275. The molecule has 0 spiro atoms. The summed E-state index contributed by atoms with van der Waals surface area (Å²) in [6.45, 7) is 8.25. The first-order chi connectivity index (χ1) is 2.41. The SMILES string of the molecule is CC.CCC.F. The Labute approximate surface area is 39.9 Å². The molecule has 0 aliphatic carbocycles. The Morgan fingerprint density at radius 2 is 1.00 bits per heavy atom. The summed E-state index contributed by atoms with van der Waals surface area (Å²) >= 11 is 0. The number of rotatable bonds is 0. The minimum absolute atomic E-state index is 0. The Kier molecular flexibility index (Phi) is 246. The fraction of sp³-hybridized carbons (Fsp3) is 1.00. The van der Waals surface area contributed by atoms with Crippen LogP contribution >= 0.6 is 0 Å². The smallest absolute Gasteiger partial charge is 0.0590 e. The first-order valence-electron chi connectivity index (χ1n) is 2.41. The van der Waals surface area contributed by atoms with Gasteiger partial charge in [0.05, 0.1) is 0 Å². The van der Waals surface area contributed by atoms with Crippen LogP contribution in [0.15, 0.2) is 0 Å². The van der Waals surface area contributed by atoms with E-state index in [-0.39, 0.29) is 4.70 Å². The average molecular weight is 94.2 g/mol. The maximum atomic E-state index is 2.12. The van der Waals surface area contributed by atoms with Crippen LogP contribution < -0.4 is 0 Å². The standard InChI is InChI=1S/C3H8.C2H6.FH/c1-3-2;1-2;/h3H2,1-2H3;1-2H3;1H. The molecular weight excluding hydrogens is 79.1 g/mol. The van der Waals surface area contributed by atoms with E-state index in [0.29, 0.717) is 0 Å². The molecule has 0 aliphatic heterocycles. The first-order valence-corrected chi connectivity index (χ1v) is 2.41. The molecule has 1 heteroatoms. The minimum Gasteiger partial charge on any atom is -0.269 e. The van der Waals surface area contributed by atoms with Gasteiger partial charge in [0.2, 0.25) is 0 Å². The van der Waals surface area contributed by atoms with Crippen molar-refractivity contribution in [3.05, 3.63) is 0 Å². The second kappa shape index (κ2) is 88.0. The topological polar surface area (TPSA) is 0 Å².